The maximum atomic E-state index is 5.75. The Hall–Kier alpha value is -1.62. The summed E-state index contributed by atoms with van der Waals surface area (Å²) in [7, 11) is 2.03. The molecule has 2 aromatic heterocycles. The minimum Gasteiger partial charge on any atom is -0.358 e. The lowest BCUT2D eigenvalue weighted by Gasteiger charge is -2.19. The van der Waals surface area contributed by atoms with Crippen molar-refractivity contribution >= 4 is 11.3 Å². The third-order valence-electron chi connectivity index (χ3n) is 2.59. The van der Waals surface area contributed by atoms with Crippen molar-refractivity contribution in [2.75, 3.05) is 18.5 Å². The number of aromatic nitrogens is 3. The highest BCUT2D eigenvalue weighted by atomic mass is 15.3. The van der Waals surface area contributed by atoms with Gasteiger partial charge in [-0.05, 0) is 19.4 Å². The van der Waals surface area contributed by atoms with Crippen LogP contribution in [0.3, 0.4) is 0 Å². The molecule has 16 heavy (non-hydrogen) atoms. The molecule has 2 heterocycles. The second-order valence-electron chi connectivity index (χ2n) is 4.10. The Kier molecular flexibility index (Phi) is 3.05. The lowest BCUT2D eigenvalue weighted by Crippen LogP contribution is -2.26. The van der Waals surface area contributed by atoms with Crippen molar-refractivity contribution in [2.45, 2.75) is 19.4 Å². The van der Waals surface area contributed by atoms with Crippen LogP contribution in [0.5, 0.6) is 0 Å². The minimum atomic E-state index is 0.215. The molecule has 0 aliphatic carbocycles. The van der Waals surface area contributed by atoms with E-state index >= 15 is 0 Å². The highest BCUT2D eigenvalue weighted by molar-refractivity contribution is 5.67. The third kappa shape index (κ3) is 2.14. The maximum Gasteiger partial charge on any atom is 0.154 e. The van der Waals surface area contributed by atoms with Gasteiger partial charge in [0.15, 0.2) is 5.82 Å². The molecule has 0 radical (unpaired) electrons. The summed E-state index contributed by atoms with van der Waals surface area (Å²) in [5.74, 6) is 0.945. The van der Waals surface area contributed by atoms with Gasteiger partial charge >= 0.3 is 0 Å². The van der Waals surface area contributed by atoms with Crippen molar-refractivity contribution in [3.63, 3.8) is 0 Å². The molecule has 0 aromatic carbocycles. The summed E-state index contributed by atoms with van der Waals surface area (Å²) in [4.78, 5) is 6.49. The Balaban J connectivity index is 2.22. The zero-order valence-corrected chi connectivity index (χ0v) is 9.67. The van der Waals surface area contributed by atoms with Crippen molar-refractivity contribution in [3.8, 4) is 0 Å². The molecule has 2 rings (SSSR count). The number of fused-ring (bicyclic) bond motifs is 1. The molecular formula is C11H17N5. The van der Waals surface area contributed by atoms with Gasteiger partial charge < -0.3 is 10.6 Å². The molecule has 5 heteroatoms. The summed E-state index contributed by atoms with van der Waals surface area (Å²) in [5.41, 5.74) is 6.77. The normalized spacial score (nSPS) is 12.9. The molecule has 2 N–H and O–H groups in total. The SMILES string of the molecule is CC(N)CCN(C)c1nccn2nccc12. The van der Waals surface area contributed by atoms with E-state index in [4.69, 9.17) is 5.73 Å². The fourth-order valence-electron chi connectivity index (χ4n) is 1.64. The third-order valence-corrected chi connectivity index (χ3v) is 2.59. The summed E-state index contributed by atoms with van der Waals surface area (Å²) in [6.07, 6.45) is 6.34. The molecule has 0 aliphatic rings. The standard InChI is InChI=1S/C11H17N5/c1-9(12)4-7-15(2)11-10-3-5-14-16(10)8-6-13-11/h3,5-6,8-9H,4,7,12H2,1-2H3. The first-order chi connectivity index (χ1) is 7.68. The van der Waals surface area contributed by atoms with Gasteiger partial charge in [0, 0.05) is 32.0 Å². The molecule has 86 valence electrons. The van der Waals surface area contributed by atoms with Crippen molar-refractivity contribution in [2.24, 2.45) is 5.73 Å². The van der Waals surface area contributed by atoms with E-state index in [2.05, 4.69) is 15.0 Å². The lowest BCUT2D eigenvalue weighted by molar-refractivity contribution is 0.656. The highest BCUT2D eigenvalue weighted by Crippen LogP contribution is 2.16. The number of rotatable bonds is 4. The topological polar surface area (TPSA) is 59.5 Å². The zero-order chi connectivity index (χ0) is 11.5. The quantitative estimate of drug-likeness (QED) is 0.830. The van der Waals surface area contributed by atoms with Gasteiger partial charge in [-0.1, -0.05) is 0 Å². The molecule has 0 amide bonds. The number of anilines is 1. The second kappa shape index (κ2) is 4.49. The molecule has 0 fully saturated rings. The summed E-state index contributed by atoms with van der Waals surface area (Å²) >= 11 is 0. The zero-order valence-electron chi connectivity index (χ0n) is 9.67. The van der Waals surface area contributed by atoms with Crippen molar-refractivity contribution in [1.82, 2.24) is 14.6 Å². The monoisotopic (exact) mass is 219 g/mol. The second-order valence-corrected chi connectivity index (χ2v) is 4.10. The van der Waals surface area contributed by atoms with E-state index in [0.29, 0.717) is 0 Å². The van der Waals surface area contributed by atoms with Crippen molar-refractivity contribution in [1.29, 1.82) is 0 Å². The summed E-state index contributed by atoms with van der Waals surface area (Å²) in [6, 6.07) is 2.18. The van der Waals surface area contributed by atoms with Gasteiger partial charge in [-0.2, -0.15) is 5.10 Å². The maximum absolute atomic E-state index is 5.75. The average molecular weight is 219 g/mol. The predicted octanol–water partition coefficient (Wildman–Crippen LogP) is 0.903. The van der Waals surface area contributed by atoms with Gasteiger partial charge in [0.1, 0.15) is 5.52 Å². The van der Waals surface area contributed by atoms with Gasteiger partial charge in [-0.3, -0.25) is 0 Å². The van der Waals surface area contributed by atoms with E-state index in [0.717, 1.165) is 24.3 Å². The summed E-state index contributed by atoms with van der Waals surface area (Å²) in [5, 5.41) is 4.18. The average Bonchev–Trinajstić information content (AvgIpc) is 2.73. The van der Waals surface area contributed by atoms with E-state index in [1.807, 2.05) is 30.8 Å². The van der Waals surface area contributed by atoms with E-state index in [-0.39, 0.29) is 6.04 Å². The van der Waals surface area contributed by atoms with Crippen LogP contribution in [0.1, 0.15) is 13.3 Å². The first kappa shape index (κ1) is 10.9. The van der Waals surface area contributed by atoms with Crippen molar-refractivity contribution < 1.29 is 0 Å². The lowest BCUT2D eigenvalue weighted by atomic mass is 10.2. The van der Waals surface area contributed by atoms with E-state index in [1.54, 1.807) is 12.4 Å². The fourth-order valence-corrected chi connectivity index (χ4v) is 1.64. The first-order valence-electron chi connectivity index (χ1n) is 5.43. The Labute approximate surface area is 94.9 Å². The molecule has 0 aliphatic heterocycles. The number of hydrogen-bond acceptors (Lipinski definition) is 4. The van der Waals surface area contributed by atoms with Gasteiger partial charge in [-0.25, -0.2) is 9.50 Å². The van der Waals surface area contributed by atoms with Crippen LogP contribution in [0.25, 0.3) is 5.52 Å². The van der Waals surface area contributed by atoms with Crippen LogP contribution < -0.4 is 10.6 Å². The molecule has 0 bridgehead atoms. The van der Waals surface area contributed by atoms with Gasteiger partial charge in [-0.15, -0.1) is 0 Å². The number of hydrogen-bond donors (Lipinski definition) is 1. The summed E-state index contributed by atoms with van der Waals surface area (Å²) < 4.78 is 1.82. The van der Waals surface area contributed by atoms with Crippen LogP contribution in [-0.2, 0) is 0 Å². The van der Waals surface area contributed by atoms with Gasteiger partial charge in [0.2, 0.25) is 0 Å². The number of nitrogens with zero attached hydrogens (tertiary/aromatic N) is 4. The smallest absolute Gasteiger partial charge is 0.154 e. The van der Waals surface area contributed by atoms with Crippen molar-refractivity contribution in [3.05, 3.63) is 24.7 Å². The fraction of sp³-hybridized carbons (Fsp3) is 0.455. The van der Waals surface area contributed by atoms with E-state index in [1.165, 1.54) is 0 Å². The Bertz CT molecular complexity index is 462. The summed E-state index contributed by atoms with van der Waals surface area (Å²) in [6.45, 7) is 2.91. The first-order valence-corrected chi connectivity index (χ1v) is 5.43. The molecular weight excluding hydrogens is 202 g/mol. The molecule has 0 saturated carbocycles. The molecule has 1 atom stereocenters. The molecule has 0 saturated heterocycles. The number of nitrogens with two attached hydrogens (primary N) is 1. The van der Waals surface area contributed by atoms with Crippen LogP contribution in [0.15, 0.2) is 24.7 Å². The van der Waals surface area contributed by atoms with Gasteiger partial charge in [0.05, 0.1) is 6.20 Å². The Morgan fingerprint density at radius 3 is 3.06 bits per heavy atom. The van der Waals surface area contributed by atoms with E-state index in [9.17, 15) is 0 Å². The predicted molar refractivity (Wildman–Crippen MR) is 64.5 cm³/mol. The van der Waals surface area contributed by atoms with Crippen LogP contribution in [0.4, 0.5) is 5.82 Å². The molecule has 5 nitrogen and oxygen atoms in total. The Morgan fingerprint density at radius 2 is 2.31 bits per heavy atom. The van der Waals surface area contributed by atoms with Crippen LogP contribution in [0, 0.1) is 0 Å². The van der Waals surface area contributed by atoms with E-state index < -0.39 is 0 Å². The molecule has 1 unspecified atom stereocenters. The van der Waals surface area contributed by atoms with Crippen LogP contribution >= 0.6 is 0 Å². The van der Waals surface area contributed by atoms with Gasteiger partial charge in [0.25, 0.3) is 0 Å². The largest absolute Gasteiger partial charge is 0.358 e. The molecule has 0 spiro atoms. The molecule has 2 aromatic rings. The van der Waals surface area contributed by atoms with Crippen LogP contribution in [-0.4, -0.2) is 34.2 Å². The Morgan fingerprint density at radius 1 is 1.50 bits per heavy atom. The minimum absolute atomic E-state index is 0.215. The highest BCUT2D eigenvalue weighted by Gasteiger charge is 2.08. The van der Waals surface area contributed by atoms with Crippen LogP contribution in [0.2, 0.25) is 0 Å².